The Labute approximate surface area is 138 Å². The van der Waals surface area contributed by atoms with Gasteiger partial charge in [0, 0.05) is 28.4 Å². The highest BCUT2D eigenvalue weighted by Gasteiger charge is 2.11. The van der Waals surface area contributed by atoms with Crippen LogP contribution in [0.2, 0.25) is 5.02 Å². The Morgan fingerprint density at radius 3 is 2.59 bits per heavy atom. The van der Waals surface area contributed by atoms with Crippen molar-refractivity contribution in [3.05, 3.63) is 57.2 Å². The van der Waals surface area contributed by atoms with Gasteiger partial charge in [0.25, 0.3) is 5.91 Å². The molecule has 0 aliphatic heterocycles. The standard InChI is InChI=1S/C16H17ClN2O2S/c1-11(14-3-2-10-22-14)19-15(20)8-9-18-16(21)12-4-6-13(17)7-5-12/h2-7,10-11H,8-9H2,1H3,(H,18,21)(H,19,20)/t11-/m1/s1. The predicted octanol–water partition coefficient (Wildman–Crippen LogP) is 3.40. The van der Waals surface area contributed by atoms with E-state index in [2.05, 4.69) is 10.6 Å². The summed E-state index contributed by atoms with van der Waals surface area (Å²) in [6, 6.07) is 10.5. The Balaban J connectivity index is 1.72. The number of thiophene rings is 1. The van der Waals surface area contributed by atoms with E-state index >= 15 is 0 Å². The lowest BCUT2D eigenvalue weighted by Crippen LogP contribution is -2.31. The Hall–Kier alpha value is -1.85. The summed E-state index contributed by atoms with van der Waals surface area (Å²) in [6.45, 7) is 2.24. The zero-order chi connectivity index (χ0) is 15.9. The maximum Gasteiger partial charge on any atom is 0.251 e. The fourth-order valence-corrected chi connectivity index (χ4v) is 2.78. The van der Waals surface area contributed by atoms with Gasteiger partial charge in [-0.25, -0.2) is 0 Å². The number of benzene rings is 1. The molecule has 22 heavy (non-hydrogen) atoms. The van der Waals surface area contributed by atoms with Crippen LogP contribution in [0.15, 0.2) is 41.8 Å². The van der Waals surface area contributed by atoms with E-state index in [0.29, 0.717) is 17.1 Å². The van der Waals surface area contributed by atoms with Crippen molar-refractivity contribution in [2.45, 2.75) is 19.4 Å². The van der Waals surface area contributed by atoms with Crippen molar-refractivity contribution in [3.8, 4) is 0 Å². The SMILES string of the molecule is C[C@@H](NC(=O)CCNC(=O)c1ccc(Cl)cc1)c1cccs1. The third-order valence-electron chi connectivity index (χ3n) is 3.09. The molecule has 0 aliphatic carbocycles. The topological polar surface area (TPSA) is 58.2 Å². The number of hydrogen-bond acceptors (Lipinski definition) is 3. The minimum Gasteiger partial charge on any atom is -0.352 e. The summed E-state index contributed by atoms with van der Waals surface area (Å²) in [5.74, 6) is -0.298. The van der Waals surface area contributed by atoms with E-state index in [1.807, 2.05) is 24.4 Å². The Kier molecular flexibility index (Phi) is 5.98. The molecule has 1 atom stereocenters. The highest BCUT2D eigenvalue weighted by molar-refractivity contribution is 7.10. The normalized spacial score (nSPS) is 11.7. The second kappa shape index (κ2) is 7.96. The number of hydrogen-bond donors (Lipinski definition) is 2. The summed E-state index contributed by atoms with van der Waals surface area (Å²) in [7, 11) is 0. The van der Waals surface area contributed by atoms with E-state index in [4.69, 9.17) is 11.6 Å². The lowest BCUT2D eigenvalue weighted by molar-refractivity contribution is -0.121. The van der Waals surface area contributed by atoms with Crippen molar-refractivity contribution in [2.24, 2.45) is 0 Å². The number of carbonyl (C=O) groups excluding carboxylic acids is 2. The van der Waals surface area contributed by atoms with Crippen LogP contribution >= 0.6 is 22.9 Å². The summed E-state index contributed by atoms with van der Waals surface area (Å²) < 4.78 is 0. The molecule has 1 heterocycles. The van der Waals surface area contributed by atoms with Crippen LogP contribution in [-0.2, 0) is 4.79 Å². The molecule has 0 radical (unpaired) electrons. The molecular formula is C16H17ClN2O2S. The first-order valence-corrected chi connectivity index (χ1v) is 8.18. The van der Waals surface area contributed by atoms with Gasteiger partial charge in [-0.1, -0.05) is 17.7 Å². The molecule has 116 valence electrons. The van der Waals surface area contributed by atoms with Crippen molar-refractivity contribution < 1.29 is 9.59 Å². The molecule has 0 saturated carbocycles. The van der Waals surface area contributed by atoms with Crippen LogP contribution in [0, 0.1) is 0 Å². The molecule has 0 fully saturated rings. The van der Waals surface area contributed by atoms with E-state index in [0.717, 1.165) is 4.88 Å². The first-order valence-electron chi connectivity index (χ1n) is 6.93. The van der Waals surface area contributed by atoms with E-state index in [-0.39, 0.29) is 24.3 Å². The molecule has 0 aliphatic rings. The minimum atomic E-state index is -0.212. The largest absolute Gasteiger partial charge is 0.352 e. The van der Waals surface area contributed by atoms with Crippen LogP contribution in [0.25, 0.3) is 0 Å². The van der Waals surface area contributed by atoms with Crippen molar-refractivity contribution >= 4 is 34.8 Å². The third-order valence-corrected chi connectivity index (χ3v) is 4.40. The first-order chi connectivity index (χ1) is 10.6. The third kappa shape index (κ3) is 4.86. The van der Waals surface area contributed by atoms with Gasteiger partial charge in [0.05, 0.1) is 6.04 Å². The Bertz CT molecular complexity index is 626. The molecule has 2 rings (SSSR count). The van der Waals surface area contributed by atoms with E-state index in [1.165, 1.54) is 0 Å². The molecule has 0 spiro atoms. The van der Waals surface area contributed by atoms with Crippen LogP contribution in [-0.4, -0.2) is 18.4 Å². The van der Waals surface area contributed by atoms with Gasteiger partial charge in [-0.15, -0.1) is 11.3 Å². The number of rotatable bonds is 6. The molecule has 1 aromatic heterocycles. The molecular weight excluding hydrogens is 320 g/mol. The highest BCUT2D eigenvalue weighted by atomic mass is 35.5. The first kappa shape index (κ1) is 16.5. The van der Waals surface area contributed by atoms with Crippen LogP contribution in [0.5, 0.6) is 0 Å². The molecule has 6 heteroatoms. The number of amides is 2. The van der Waals surface area contributed by atoms with Gasteiger partial charge < -0.3 is 10.6 Å². The number of carbonyl (C=O) groups is 2. The van der Waals surface area contributed by atoms with Gasteiger partial charge in [-0.2, -0.15) is 0 Å². The van der Waals surface area contributed by atoms with Crippen molar-refractivity contribution in [1.29, 1.82) is 0 Å². The second-order valence-corrected chi connectivity index (χ2v) is 6.23. The summed E-state index contributed by atoms with van der Waals surface area (Å²) in [5.41, 5.74) is 0.525. The number of halogens is 1. The van der Waals surface area contributed by atoms with Gasteiger partial charge in [-0.05, 0) is 42.6 Å². The van der Waals surface area contributed by atoms with Crippen LogP contribution in [0.4, 0.5) is 0 Å². The summed E-state index contributed by atoms with van der Waals surface area (Å²) >= 11 is 7.37. The Morgan fingerprint density at radius 2 is 1.95 bits per heavy atom. The van der Waals surface area contributed by atoms with Crippen molar-refractivity contribution in [3.63, 3.8) is 0 Å². The van der Waals surface area contributed by atoms with Gasteiger partial charge in [0.2, 0.25) is 5.91 Å². The zero-order valence-electron chi connectivity index (χ0n) is 12.1. The van der Waals surface area contributed by atoms with Crippen LogP contribution in [0.1, 0.15) is 34.6 Å². The maximum absolute atomic E-state index is 11.9. The fraction of sp³-hybridized carbons (Fsp3) is 0.250. The zero-order valence-corrected chi connectivity index (χ0v) is 13.7. The molecule has 4 nitrogen and oxygen atoms in total. The van der Waals surface area contributed by atoms with Crippen molar-refractivity contribution in [2.75, 3.05) is 6.54 Å². The van der Waals surface area contributed by atoms with Gasteiger partial charge in [0.15, 0.2) is 0 Å². The van der Waals surface area contributed by atoms with E-state index in [1.54, 1.807) is 35.6 Å². The number of nitrogens with one attached hydrogen (secondary N) is 2. The van der Waals surface area contributed by atoms with Gasteiger partial charge in [0.1, 0.15) is 0 Å². The Morgan fingerprint density at radius 1 is 1.23 bits per heavy atom. The average Bonchev–Trinajstić information content (AvgIpc) is 3.02. The molecule has 2 aromatic rings. The van der Waals surface area contributed by atoms with Gasteiger partial charge >= 0.3 is 0 Å². The summed E-state index contributed by atoms with van der Waals surface area (Å²) in [5, 5.41) is 8.18. The molecule has 2 N–H and O–H groups in total. The maximum atomic E-state index is 11.9. The second-order valence-electron chi connectivity index (χ2n) is 4.82. The average molecular weight is 337 g/mol. The quantitative estimate of drug-likeness (QED) is 0.849. The summed E-state index contributed by atoms with van der Waals surface area (Å²) in [6.07, 6.45) is 0.245. The molecule has 0 unspecified atom stereocenters. The van der Waals surface area contributed by atoms with Crippen LogP contribution in [0.3, 0.4) is 0 Å². The fourth-order valence-electron chi connectivity index (χ4n) is 1.92. The molecule has 1 aromatic carbocycles. The van der Waals surface area contributed by atoms with Crippen molar-refractivity contribution in [1.82, 2.24) is 10.6 Å². The van der Waals surface area contributed by atoms with E-state index < -0.39 is 0 Å². The van der Waals surface area contributed by atoms with Gasteiger partial charge in [-0.3, -0.25) is 9.59 Å². The predicted molar refractivity (Wildman–Crippen MR) is 89.3 cm³/mol. The summed E-state index contributed by atoms with van der Waals surface area (Å²) in [4.78, 5) is 24.8. The highest BCUT2D eigenvalue weighted by Crippen LogP contribution is 2.17. The smallest absolute Gasteiger partial charge is 0.251 e. The monoisotopic (exact) mass is 336 g/mol. The lowest BCUT2D eigenvalue weighted by atomic mass is 10.2. The lowest BCUT2D eigenvalue weighted by Gasteiger charge is -2.12. The minimum absolute atomic E-state index is 0.0144. The molecule has 0 saturated heterocycles. The van der Waals surface area contributed by atoms with Crippen LogP contribution < -0.4 is 10.6 Å². The molecule has 2 amide bonds. The van der Waals surface area contributed by atoms with E-state index in [9.17, 15) is 9.59 Å². The molecule has 0 bridgehead atoms.